The average Bonchev–Trinajstić information content (AvgIpc) is 2.55. The molecule has 1 aliphatic heterocycles. The summed E-state index contributed by atoms with van der Waals surface area (Å²) in [7, 11) is 1.61. The number of anilines is 1. The molecule has 22 heavy (non-hydrogen) atoms. The lowest BCUT2D eigenvalue weighted by Crippen LogP contribution is -3.28. The predicted octanol–water partition coefficient (Wildman–Crippen LogP) is -2.20. The summed E-state index contributed by atoms with van der Waals surface area (Å²) in [5, 5.41) is 11.9. The second-order valence-corrected chi connectivity index (χ2v) is 5.75. The second-order valence-electron chi connectivity index (χ2n) is 5.75. The average molecular weight is 309 g/mol. The zero-order valence-corrected chi connectivity index (χ0v) is 13.2. The Morgan fingerprint density at radius 1 is 1.23 bits per heavy atom. The fourth-order valence-corrected chi connectivity index (χ4v) is 2.83. The molecule has 6 heteroatoms. The van der Waals surface area contributed by atoms with Crippen molar-refractivity contribution >= 4 is 11.6 Å². The number of piperazine rings is 1. The van der Waals surface area contributed by atoms with Crippen LogP contribution in [0.5, 0.6) is 5.75 Å². The van der Waals surface area contributed by atoms with Crippen LogP contribution in [0.4, 0.5) is 5.69 Å². The van der Waals surface area contributed by atoms with Crippen molar-refractivity contribution in [3.8, 4) is 5.75 Å². The maximum absolute atomic E-state index is 12.0. The van der Waals surface area contributed by atoms with Gasteiger partial charge in [0.05, 0.1) is 26.7 Å². The molecule has 1 aromatic carbocycles. The standard InChI is InChI=1S/C16H25N3O3/c1-22-15-4-2-3-14(13-15)17-16(21)5-6-18-7-9-19(10-8-18)11-12-20/h2-4,13,20H,5-12H2,1H3,(H,17,21)/p+2. The number of ether oxygens (including phenoxy) is 1. The van der Waals surface area contributed by atoms with Gasteiger partial charge in [0.1, 0.15) is 38.5 Å². The van der Waals surface area contributed by atoms with Gasteiger partial charge in [-0.05, 0) is 12.1 Å². The lowest BCUT2D eigenvalue weighted by atomic mass is 10.2. The molecule has 0 bridgehead atoms. The highest BCUT2D eigenvalue weighted by molar-refractivity contribution is 5.90. The van der Waals surface area contributed by atoms with Crippen LogP contribution in [0.3, 0.4) is 0 Å². The topological polar surface area (TPSA) is 67.4 Å². The van der Waals surface area contributed by atoms with Gasteiger partial charge in [0.15, 0.2) is 0 Å². The minimum Gasteiger partial charge on any atom is -0.497 e. The molecule has 0 aliphatic carbocycles. The van der Waals surface area contributed by atoms with Crippen molar-refractivity contribution in [2.75, 3.05) is 58.3 Å². The molecule has 0 spiro atoms. The molecule has 1 saturated heterocycles. The first-order valence-electron chi connectivity index (χ1n) is 7.93. The quantitative estimate of drug-likeness (QED) is 0.462. The van der Waals surface area contributed by atoms with Crippen LogP contribution in [0, 0.1) is 0 Å². The van der Waals surface area contributed by atoms with Crippen molar-refractivity contribution in [3.63, 3.8) is 0 Å². The number of carbonyl (C=O) groups is 1. The van der Waals surface area contributed by atoms with Crippen LogP contribution in [0.25, 0.3) is 0 Å². The van der Waals surface area contributed by atoms with Crippen LogP contribution in [0.1, 0.15) is 6.42 Å². The monoisotopic (exact) mass is 309 g/mol. The van der Waals surface area contributed by atoms with Gasteiger partial charge in [-0.25, -0.2) is 0 Å². The normalized spacial score (nSPS) is 21.4. The summed E-state index contributed by atoms with van der Waals surface area (Å²) in [6.45, 7) is 6.25. The van der Waals surface area contributed by atoms with E-state index in [1.54, 1.807) is 7.11 Å². The van der Waals surface area contributed by atoms with Crippen LogP contribution in [0.15, 0.2) is 24.3 Å². The summed E-state index contributed by atoms with van der Waals surface area (Å²) in [4.78, 5) is 15.0. The Morgan fingerprint density at radius 2 is 1.91 bits per heavy atom. The number of quaternary nitrogens is 2. The highest BCUT2D eigenvalue weighted by Crippen LogP contribution is 2.16. The molecule has 1 aliphatic rings. The molecular weight excluding hydrogens is 282 g/mol. The van der Waals surface area contributed by atoms with Gasteiger partial charge in [0, 0.05) is 11.8 Å². The Morgan fingerprint density at radius 3 is 2.55 bits per heavy atom. The number of benzene rings is 1. The van der Waals surface area contributed by atoms with Crippen molar-refractivity contribution < 1.29 is 24.4 Å². The Balaban J connectivity index is 1.69. The number of aliphatic hydroxyl groups is 1. The third-order valence-electron chi connectivity index (χ3n) is 4.19. The highest BCUT2D eigenvalue weighted by Gasteiger charge is 2.22. The van der Waals surface area contributed by atoms with E-state index in [0.29, 0.717) is 6.42 Å². The number of methoxy groups -OCH3 is 1. The molecular formula is C16H27N3O3+2. The van der Waals surface area contributed by atoms with Crippen LogP contribution < -0.4 is 19.9 Å². The van der Waals surface area contributed by atoms with Gasteiger partial charge in [-0.15, -0.1) is 0 Å². The molecule has 6 nitrogen and oxygen atoms in total. The molecule has 0 unspecified atom stereocenters. The number of aliphatic hydroxyl groups excluding tert-OH is 1. The van der Waals surface area contributed by atoms with E-state index < -0.39 is 0 Å². The summed E-state index contributed by atoms with van der Waals surface area (Å²) in [5.74, 6) is 0.789. The van der Waals surface area contributed by atoms with Crippen LogP contribution in [-0.4, -0.2) is 64.0 Å². The Hall–Kier alpha value is -1.63. The molecule has 1 aromatic rings. The van der Waals surface area contributed by atoms with Gasteiger partial charge in [-0.2, -0.15) is 0 Å². The van der Waals surface area contributed by atoms with E-state index in [-0.39, 0.29) is 12.5 Å². The van der Waals surface area contributed by atoms with Crippen LogP contribution >= 0.6 is 0 Å². The highest BCUT2D eigenvalue weighted by atomic mass is 16.5. The molecule has 1 fully saturated rings. The minimum atomic E-state index is 0.0471. The lowest BCUT2D eigenvalue weighted by molar-refractivity contribution is -1.01. The van der Waals surface area contributed by atoms with E-state index in [0.717, 1.165) is 50.7 Å². The first-order valence-corrected chi connectivity index (χ1v) is 7.93. The molecule has 0 aromatic heterocycles. The molecule has 4 N–H and O–H groups in total. The fourth-order valence-electron chi connectivity index (χ4n) is 2.83. The number of hydrogen-bond acceptors (Lipinski definition) is 3. The predicted molar refractivity (Wildman–Crippen MR) is 84.5 cm³/mol. The third kappa shape index (κ3) is 5.29. The second kappa shape index (κ2) is 8.73. The van der Waals surface area contributed by atoms with E-state index in [9.17, 15) is 4.79 Å². The van der Waals surface area contributed by atoms with E-state index in [1.165, 1.54) is 9.80 Å². The van der Waals surface area contributed by atoms with Crippen molar-refractivity contribution in [1.82, 2.24) is 0 Å². The van der Waals surface area contributed by atoms with Gasteiger partial charge >= 0.3 is 0 Å². The zero-order valence-electron chi connectivity index (χ0n) is 13.2. The van der Waals surface area contributed by atoms with Crippen molar-refractivity contribution in [2.24, 2.45) is 0 Å². The van der Waals surface area contributed by atoms with Gasteiger partial charge in [-0.1, -0.05) is 6.07 Å². The van der Waals surface area contributed by atoms with Crippen molar-refractivity contribution in [1.29, 1.82) is 0 Å². The number of carbonyl (C=O) groups excluding carboxylic acids is 1. The summed E-state index contributed by atoms with van der Waals surface area (Å²) in [6.07, 6.45) is 0.530. The van der Waals surface area contributed by atoms with Crippen molar-refractivity contribution in [3.05, 3.63) is 24.3 Å². The molecule has 2 rings (SSSR count). The maximum atomic E-state index is 12.0. The molecule has 0 radical (unpaired) electrons. The summed E-state index contributed by atoms with van der Waals surface area (Å²) in [5.41, 5.74) is 0.775. The summed E-state index contributed by atoms with van der Waals surface area (Å²) < 4.78 is 5.15. The van der Waals surface area contributed by atoms with Crippen LogP contribution in [0.2, 0.25) is 0 Å². The van der Waals surface area contributed by atoms with Gasteiger partial charge in [0.25, 0.3) is 0 Å². The Labute approximate surface area is 131 Å². The zero-order chi connectivity index (χ0) is 15.8. The molecule has 0 saturated carbocycles. The summed E-state index contributed by atoms with van der Waals surface area (Å²) in [6, 6.07) is 7.41. The lowest BCUT2D eigenvalue weighted by Gasteiger charge is -2.29. The smallest absolute Gasteiger partial charge is 0.230 e. The van der Waals surface area contributed by atoms with E-state index in [1.807, 2.05) is 24.3 Å². The SMILES string of the molecule is COc1cccc(NC(=O)CC[NH+]2CC[NH+](CCO)CC2)c1. The van der Waals surface area contributed by atoms with E-state index in [4.69, 9.17) is 9.84 Å². The first-order chi connectivity index (χ1) is 10.7. The molecule has 122 valence electrons. The number of rotatable bonds is 7. The molecule has 1 amide bonds. The third-order valence-corrected chi connectivity index (χ3v) is 4.19. The van der Waals surface area contributed by atoms with E-state index >= 15 is 0 Å². The minimum absolute atomic E-state index is 0.0471. The van der Waals surface area contributed by atoms with Crippen LogP contribution in [-0.2, 0) is 4.79 Å². The number of nitrogens with one attached hydrogen (secondary N) is 3. The Kier molecular flexibility index (Phi) is 6.64. The Bertz CT molecular complexity index is 473. The van der Waals surface area contributed by atoms with Gasteiger partial charge < -0.3 is 25.0 Å². The van der Waals surface area contributed by atoms with Crippen molar-refractivity contribution in [2.45, 2.75) is 6.42 Å². The number of hydrogen-bond donors (Lipinski definition) is 4. The maximum Gasteiger partial charge on any atom is 0.230 e. The largest absolute Gasteiger partial charge is 0.497 e. The van der Waals surface area contributed by atoms with Gasteiger partial charge in [-0.3, -0.25) is 4.79 Å². The first kappa shape index (κ1) is 16.7. The van der Waals surface area contributed by atoms with E-state index in [2.05, 4.69) is 5.32 Å². The number of amides is 1. The molecule has 1 heterocycles. The fraction of sp³-hybridized carbons (Fsp3) is 0.562. The summed E-state index contributed by atoms with van der Waals surface area (Å²) >= 11 is 0. The van der Waals surface area contributed by atoms with Gasteiger partial charge in [0.2, 0.25) is 5.91 Å². The molecule has 0 atom stereocenters.